The first kappa shape index (κ1) is 16.7. The molecule has 2 aliphatic rings. The van der Waals surface area contributed by atoms with Gasteiger partial charge < -0.3 is 10.3 Å². The summed E-state index contributed by atoms with van der Waals surface area (Å²) in [5.74, 6) is 1.28. The number of hydrogen-bond acceptors (Lipinski definition) is 6. The highest BCUT2D eigenvalue weighted by atomic mass is 35.5. The van der Waals surface area contributed by atoms with E-state index in [4.69, 9.17) is 10.3 Å². The quantitative estimate of drug-likeness (QED) is 0.872. The van der Waals surface area contributed by atoms with Gasteiger partial charge in [-0.1, -0.05) is 18.0 Å². The first-order chi connectivity index (χ1) is 9.50. The molecule has 0 amide bonds. The molecule has 1 aromatic heterocycles. The van der Waals surface area contributed by atoms with E-state index in [0.717, 1.165) is 25.7 Å². The highest BCUT2D eigenvalue weighted by molar-refractivity contribution is 7.89. The van der Waals surface area contributed by atoms with Crippen molar-refractivity contribution in [1.29, 1.82) is 0 Å². The fourth-order valence-corrected chi connectivity index (χ4v) is 4.48. The second kappa shape index (κ2) is 6.20. The molecule has 0 unspecified atom stereocenters. The van der Waals surface area contributed by atoms with Crippen LogP contribution in [0.5, 0.6) is 0 Å². The molecule has 1 aliphatic heterocycles. The lowest BCUT2D eigenvalue weighted by Gasteiger charge is -2.17. The predicted molar refractivity (Wildman–Crippen MR) is 79.6 cm³/mol. The summed E-state index contributed by atoms with van der Waals surface area (Å²) in [5, 5.41) is 3.97. The van der Waals surface area contributed by atoms with Crippen LogP contribution >= 0.6 is 12.4 Å². The average molecular weight is 337 g/mol. The number of aromatic nitrogens is 2. The van der Waals surface area contributed by atoms with E-state index in [2.05, 4.69) is 10.1 Å². The smallest absolute Gasteiger partial charge is 0.228 e. The summed E-state index contributed by atoms with van der Waals surface area (Å²) in [4.78, 5) is 4.35. The van der Waals surface area contributed by atoms with Gasteiger partial charge >= 0.3 is 0 Å². The first-order valence-electron chi connectivity index (χ1n) is 7.09. The molecule has 1 aliphatic carbocycles. The highest BCUT2D eigenvalue weighted by Gasteiger charge is 2.36. The van der Waals surface area contributed by atoms with Crippen molar-refractivity contribution in [3.63, 3.8) is 0 Å². The molecule has 9 heteroatoms. The number of halogens is 1. The summed E-state index contributed by atoms with van der Waals surface area (Å²) in [6.45, 7) is 0.992. The van der Waals surface area contributed by atoms with Crippen LogP contribution in [0.2, 0.25) is 0 Å². The van der Waals surface area contributed by atoms with Crippen LogP contribution in [0, 0.1) is 0 Å². The van der Waals surface area contributed by atoms with E-state index in [1.165, 1.54) is 4.31 Å². The third-order valence-corrected chi connectivity index (χ3v) is 6.14. The topological polar surface area (TPSA) is 102 Å². The summed E-state index contributed by atoms with van der Waals surface area (Å²) < 4.78 is 30.1. The van der Waals surface area contributed by atoms with E-state index in [1.807, 2.05) is 0 Å². The third-order valence-electron chi connectivity index (χ3n) is 4.19. The molecule has 3 rings (SSSR count). The van der Waals surface area contributed by atoms with Crippen LogP contribution < -0.4 is 5.73 Å². The van der Waals surface area contributed by atoms with Crippen LogP contribution in [0.1, 0.15) is 43.8 Å². The van der Waals surface area contributed by atoms with E-state index in [0.29, 0.717) is 37.6 Å². The zero-order chi connectivity index (χ0) is 14.2. The van der Waals surface area contributed by atoms with Crippen molar-refractivity contribution in [2.24, 2.45) is 5.73 Å². The monoisotopic (exact) mass is 336 g/mol. The Morgan fingerprint density at radius 3 is 2.62 bits per heavy atom. The van der Waals surface area contributed by atoms with Crippen molar-refractivity contribution in [3.8, 4) is 0 Å². The van der Waals surface area contributed by atoms with Gasteiger partial charge in [-0.2, -0.15) is 4.98 Å². The number of hydrogen-bond donors (Lipinski definition) is 1. The second-order valence-electron chi connectivity index (χ2n) is 5.69. The van der Waals surface area contributed by atoms with Crippen molar-refractivity contribution in [2.45, 2.75) is 44.1 Å². The van der Waals surface area contributed by atoms with Gasteiger partial charge in [0, 0.05) is 19.5 Å². The molecule has 1 saturated carbocycles. The summed E-state index contributed by atoms with van der Waals surface area (Å²) in [7, 11) is -3.06. The number of nitrogens with two attached hydrogens (primary N) is 1. The Morgan fingerprint density at radius 2 is 2.00 bits per heavy atom. The van der Waals surface area contributed by atoms with E-state index in [-0.39, 0.29) is 18.2 Å². The SMILES string of the molecule is Cl.NC1(c2noc(CCN3CCCS3(=O)=O)n2)CCCC1. The maximum Gasteiger partial charge on any atom is 0.228 e. The molecular weight excluding hydrogens is 316 g/mol. The van der Waals surface area contributed by atoms with Gasteiger partial charge in [0.05, 0.1) is 11.3 Å². The normalized spacial score (nSPS) is 24.0. The molecule has 120 valence electrons. The van der Waals surface area contributed by atoms with Crippen LogP contribution in [0.15, 0.2) is 4.52 Å². The van der Waals surface area contributed by atoms with E-state index in [1.54, 1.807) is 0 Å². The summed E-state index contributed by atoms with van der Waals surface area (Å²) in [6.07, 6.45) is 5.09. The fraction of sp³-hybridized carbons (Fsp3) is 0.833. The van der Waals surface area contributed by atoms with Crippen molar-refractivity contribution in [1.82, 2.24) is 14.4 Å². The van der Waals surface area contributed by atoms with Crippen molar-refractivity contribution < 1.29 is 12.9 Å². The van der Waals surface area contributed by atoms with Gasteiger partial charge in [-0.15, -0.1) is 12.4 Å². The van der Waals surface area contributed by atoms with Gasteiger partial charge in [0.2, 0.25) is 15.9 Å². The lowest BCUT2D eigenvalue weighted by atomic mass is 9.99. The van der Waals surface area contributed by atoms with Gasteiger partial charge in [-0.3, -0.25) is 0 Å². The van der Waals surface area contributed by atoms with Crippen molar-refractivity contribution in [2.75, 3.05) is 18.8 Å². The van der Waals surface area contributed by atoms with E-state index >= 15 is 0 Å². The lowest BCUT2D eigenvalue weighted by Crippen LogP contribution is -2.34. The molecule has 0 aromatic carbocycles. The molecule has 21 heavy (non-hydrogen) atoms. The van der Waals surface area contributed by atoms with E-state index in [9.17, 15) is 8.42 Å². The maximum absolute atomic E-state index is 11.7. The molecule has 7 nitrogen and oxygen atoms in total. The molecule has 0 spiro atoms. The number of rotatable bonds is 4. The van der Waals surface area contributed by atoms with Gasteiger partial charge in [0.25, 0.3) is 0 Å². The minimum Gasteiger partial charge on any atom is -0.339 e. The van der Waals surface area contributed by atoms with Gasteiger partial charge in [0.15, 0.2) is 5.82 Å². The second-order valence-corrected chi connectivity index (χ2v) is 7.78. The first-order valence-corrected chi connectivity index (χ1v) is 8.70. The summed E-state index contributed by atoms with van der Waals surface area (Å²) >= 11 is 0. The summed E-state index contributed by atoms with van der Waals surface area (Å²) in [6, 6.07) is 0. The van der Waals surface area contributed by atoms with Crippen molar-refractivity contribution >= 4 is 22.4 Å². The minimum atomic E-state index is -3.06. The highest BCUT2D eigenvalue weighted by Crippen LogP contribution is 2.34. The van der Waals surface area contributed by atoms with Gasteiger partial charge in [-0.05, 0) is 19.3 Å². The molecule has 2 fully saturated rings. The minimum absolute atomic E-state index is 0. The molecule has 2 N–H and O–H groups in total. The predicted octanol–water partition coefficient (Wildman–Crippen LogP) is 0.797. The molecule has 0 atom stereocenters. The van der Waals surface area contributed by atoms with Crippen LogP contribution in [0.25, 0.3) is 0 Å². The number of sulfonamides is 1. The Balaban J connectivity index is 0.00000161. The van der Waals surface area contributed by atoms with Crippen LogP contribution in [0.4, 0.5) is 0 Å². The Labute approximate surface area is 130 Å². The van der Waals surface area contributed by atoms with Crippen molar-refractivity contribution in [3.05, 3.63) is 11.7 Å². The fourth-order valence-electron chi connectivity index (χ4n) is 2.95. The Morgan fingerprint density at radius 1 is 1.29 bits per heavy atom. The van der Waals surface area contributed by atoms with Gasteiger partial charge in [-0.25, -0.2) is 12.7 Å². The molecule has 2 heterocycles. The molecular formula is C12H21ClN4O3S. The molecule has 0 radical (unpaired) electrons. The Hall–Kier alpha value is -0.700. The maximum atomic E-state index is 11.7. The Bertz CT molecular complexity index is 583. The average Bonchev–Trinajstić information content (AvgIpc) is 3.08. The van der Waals surface area contributed by atoms with Crippen LogP contribution in [0.3, 0.4) is 0 Å². The zero-order valence-electron chi connectivity index (χ0n) is 11.8. The summed E-state index contributed by atoms with van der Waals surface area (Å²) in [5.41, 5.74) is 5.81. The van der Waals surface area contributed by atoms with E-state index < -0.39 is 15.6 Å². The third kappa shape index (κ3) is 3.39. The van der Waals surface area contributed by atoms with Crippen LogP contribution in [-0.4, -0.2) is 41.7 Å². The largest absolute Gasteiger partial charge is 0.339 e. The lowest BCUT2D eigenvalue weighted by molar-refractivity contribution is 0.339. The molecule has 1 saturated heterocycles. The molecule has 0 bridgehead atoms. The van der Waals surface area contributed by atoms with Crippen LogP contribution in [-0.2, 0) is 22.0 Å². The number of nitrogens with zero attached hydrogens (tertiary/aromatic N) is 3. The zero-order valence-corrected chi connectivity index (χ0v) is 13.5. The van der Waals surface area contributed by atoms with Gasteiger partial charge in [0.1, 0.15) is 0 Å². The molecule has 1 aromatic rings. The Kier molecular flexibility index (Phi) is 4.92. The standard InChI is InChI=1S/C12H20N4O3S.ClH/c13-12(5-1-2-6-12)11-14-10(19-15-11)4-8-16-7-3-9-20(16,17)18;/h1-9,13H2;1H.